The monoisotopic (exact) mass is 441 g/mol. The fourth-order valence-electron chi connectivity index (χ4n) is 3.76. The minimum absolute atomic E-state index is 0.102. The third-order valence-corrected chi connectivity index (χ3v) is 5.77. The van der Waals surface area contributed by atoms with Gasteiger partial charge in [0, 0.05) is 38.8 Å². The van der Waals surface area contributed by atoms with E-state index in [-0.39, 0.29) is 24.0 Å². The highest BCUT2D eigenvalue weighted by Crippen LogP contribution is 2.23. The number of hydrogen-bond donors (Lipinski definition) is 0. The molecule has 1 aliphatic heterocycles. The van der Waals surface area contributed by atoms with Gasteiger partial charge in [0.1, 0.15) is 18.2 Å². The summed E-state index contributed by atoms with van der Waals surface area (Å²) >= 11 is 0. The van der Waals surface area contributed by atoms with E-state index >= 15 is 0 Å². The summed E-state index contributed by atoms with van der Waals surface area (Å²) in [6.45, 7) is 7.17. The van der Waals surface area contributed by atoms with Gasteiger partial charge in [0.25, 0.3) is 5.91 Å². The van der Waals surface area contributed by atoms with E-state index in [4.69, 9.17) is 9.26 Å². The summed E-state index contributed by atoms with van der Waals surface area (Å²) in [6.07, 6.45) is 0. The van der Waals surface area contributed by atoms with Gasteiger partial charge >= 0.3 is 0 Å². The first-order valence-electron chi connectivity index (χ1n) is 10.5. The molecule has 1 fully saturated rings. The molecule has 2 heterocycles. The van der Waals surface area contributed by atoms with Crippen molar-refractivity contribution in [1.29, 1.82) is 0 Å². The maximum absolute atomic E-state index is 13.9. The molecule has 0 bridgehead atoms. The number of carbonyl (C=O) groups is 1. The molecular weight excluding hydrogens is 416 g/mol. The lowest BCUT2D eigenvalue weighted by Gasteiger charge is -2.34. The Balaban J connectivity index is 1.38. The molecule has 2 aromatic carbocycles. The Kier molecular flexibility index (Phi) is 6.50. The van der Waals surface area contributed by atoms with Crippen LogP contribution in [0.15, 0.2) is 47.0 Å². The van der Waals surface area contributed by atoms with Crippen molar-refractivity contribution >= 4 is 5.91 Å². The van der Waals surface area contributed by atoms with Gasteiger partial charge in [0.15, 0.2) is 17.3 Å². The Morgan fingerprint density at radius 1 is 1.09 bits per heavy atom. The van der Waals surface area contributed by atoms with E-state index in [2.05, 4.69) is 29.1 Å². The van der Waals surface area contributed by atoms with Crippen LogP contribution in [-0.2, 0) is 13.2 Å². The van der Waals surface area contributed by atoms with Gasteiger partial charge in [-0.15, -0.1) is 0 Å². The molecule has 1 amide bonds. The van der Waals surface area contributed by atoms with E-state index in [1.165, 1.54) is 17.2 Å². The summed E-state index contributed by atoms with van der Waals surface area (Å²) in [7, 11) is 0. The topological polar surface area (TPSA) is 58.8 Å². The molecule has 1 aliphatic rings. The SMILES string of the molecule is Cc1ccccc1CN1CCN(C(=O)c2noc(C)c2COc2ccc(F)cc2F)CC1. The van der Waals surface area contributed by atoms with Crippen LogP contribution in [0.5, 0.6) is 5.75 Å². The van der Waals surface area contributed by atoms with E-state index in [1.807, 2.05) is 12.1 Å². The Labute approximate surface area is 185 Å². The first-order valence-corrected chi connectivity index (χ1v) is 10.5. The highest BCUT2D eigenvalue weighted by Gasteiger charge is 2.28. The Morgan fingerprint density at radius 2 is 1.84 bits per heavy atom. The Hall–Kier alpha value is -3.26. The number of rotatable bonds is 6. The molecule has 0 radical (unpaired) electrons. The second-order valence-electron chi connectivity index (χ2n) is 7.92. The molecule has 8 heteroatoms. The van der Waals surface area contributed by atoms with Gasteiger partial charge in [-0.3, -0.25) is 9.69 Å². The fourth-order valence-corrected chi connectivity index (χ4v) is 3.76. The van der Waals surface area contributed by atoms with Gasteiger partial charge < -0.3 is 14.2 Å². The van der Waals surface area contributed by atoms with Crippen LogP contribution < -0.4 is 4.74 Å². The molecule has 0 atom stereocenters. The highest BCUT2D eigenvalue weighted by atomic mass is 19.1. The number of halogens is 2. The number of aromatic nitrogens is 1. The van der Waals surface area contributed by atoms with Gasteiger partial charge in [-0.05, 0) is 37.1 Å². The number of hydrogen-bond acceptors (Lipinski definition) is 5. The number of benzene rings is 2. The van der Waals surface area contributed by atoms with Crippen molar-refractivity contribution in [3.63, 3.8) is 0 Å². The smallest absolute Gasteiger partial charge is 0.276 e. The van der Waals surface area contributed by atoms with Crippen LogP contribution >= 0.6 is 0 Å². The zero-order valence-electron chi connectivity index (χ0n) is 18.1. The van der Waals surface area contributed by atoms with E-state index in [9.17, 15) is 13.6 Å². The number of aryl methyl sites for hydroxylation is 2. The first-order chi connectivity index (χ1) is 15.4. The molecule has 168 valence electrons. The average molecular weight is 441 g/mol. The molecule has 0 unspecified atom stereocenters. The molecule has 0 saturated carbocycles. The van der Waals surface area contributed by atoms with Crippen LogP contribution in [0, 0.1) is 25.5 Å². The van der Waals surface area contributed by atoms with Crippen LogP contribution in [-0.4, -0.2) is 47.0 Å². The maximum atomic E-state index is 13.9. The van der Waals surface area contributed by atoms with E-state index in [1.54, 1.807) is 11.8 Å². The van der Waals surface area contributed by atoms with Crippen molar-refractivity contribution in [2.75, 3.05) is 26.2 Å². The third-order valence-electron chi connectivity index (χ3n) is 5.77. The van der Waals surface area contributed by atoms with Crippen LogP contribution in [0.4, 0.5) is 8.78 Å². The van der Waals surface area contributed by atoms with Crippen LogP contribution in [0.2, 0.25) is 0 Å². The molecule has 0 aliphatic carbocycles. The maximum Gasteiger partial charge on any atom is 0.276 e. The predicted molar refractivity (Wildman–Crippen MR) is 114 cm³/mol. The summed E-state index contributed by atoms with van der Waals surface area (Å²) in [5, 5.41) is 3.92. The van der Waals surface area contributed by atoms with E-state index < -0.39 is 11.6 Å². The largest absolute Gasteiger partial charge is 0.486 e. The standard InChI is InChI=1S/C24H25F2N3O3/c1-16-5-3-4-6-18(16)14-28-9-11-29(12-10-28)24(30)23-20(17(2)32-27-23)15-31-22-8-7-19(25)13-21(22)26/h3-8,13H,9-12,14-15H2,1-2H3. The summed E-state index contributed by atoms with van der Waals surface area (Å²) < 4.78 is 37.6. The normalized spacial score (nSPS) is 14.6. The minimum atomic E-state index is -0.809. The second kappa shape index (κ2) is 9.48. The van der Waals surface area contributed by atoms with Crippen molar-refractivity contribution in [3.05, 3.63) is 82.2 Å². The molecule has 3 aromatic rings. The molecule has 32 heavy (non-hydrogen) atoms. The highest BCUT2D eigenvalue weighted by molar-refractivity contribution is 5.93. The molecular formula is C24H25F2N3O3. The Morgan fingerprint density at radius 3 is 2.56 bits per heavy atom. The van der Waals surface area contributed by atoms with Gasteiger partial charge in [0.05, 0.1) is 5.56 Å². The molecule has 1 aromatic heterocycles. The lowest BCUT2D eigenvalue weighted by molar-refractivity contribution is 0.0616. The van der Waals surface area contributed by atoms with E-state index in [0.717, 1.165) is 31.8 Å². The lowest BCUT2D eigenvalue weighted by atomic mass is 10.1. The Bertz CT molecular complexity index is 1110. The van der Waals surface area contributed by atoms with Crippen LogP contribution in [0.3, 0.4) is 0 Å². The summed E-state index contributed by atoms with van der Waals surface area (Å²) in [5.74, 6) is -1.41. The molecule has 0 N–H and O–H groups in total. The number of nitrogens with zero attached hydrogens (tertiary/aromatic N) is 3. The van der Waals surface area contributed by atoms with Crippen molar-refractivity contribution in [3.8, 4) is 5.75 Å². The molecule has 4 rings (SSSR count). The predicted octanol–water partition coefficient (Wildman–Crippen LogP) is 4.11. The molecule has 6 nitrogen and oxygen atoms in total. The van der Waals surface area contributed by atoms with Gasteiger partial charge in [-0.1, -0.05) is 29.4 Å². The lowest BCUT2D eigenvalue weighted by Crippen LogP contribution is -2.48. The molecule has 1 saturated heterocycles. The van der Waals surface area contributed by atoms with E-state index in [0.29, 0.717) is 24.4 Å². The van der Waals surface area contributed by atoms with Crippen molar-refractivity contribution in [1.82, 2.24) is 15.0 Å². The minimum Gasteiger partial charge on any atom is -0.486 e. The van der Waals surface area contributed by atoms with Crippen molar-refractivity contribution < 1.29 is 22.8 Å². The first kappa shape index (κ1) is 22.0. The van der Waals surface area contributed by atoms with Crippen LogP contribution in [0.1, 0.15) is 32.9 Å². The van der Waals surface area contributed by atoms with Crippen LogP contribution in [0.25, 0.3) is 0 Å². The van der Waals surface area contributed by atoms with Crippen molar-refractivity contribution in [2.45, 2.75) is 27.0 Å². The summed E-state index contributed by atoms with van der Waals surface area (Å²) in [5.41, 5.74) is 3.16. The average Bonchev–Trinajstić information content (AvgIpc) is 3.15. The zero-order chi connectivity index (χ0) is 22.7. The quantitative estimate of drug-likeness (QED) is 0.576. The number of piperazine rings is 1. The van der Waals surface area contributed by atoms with Crippen molar-refractivity contribution in [2.24, 2.45) is 0 Å². The van der Waals surface area contributed by atoms with Gasteiger partial charge in [-0.25, -0.2) is 8.78 Å². The number of amides is 1. The third kappa shape index (κ3) is 4.80. The number of carbonyl (C=O) groups excluding carboxylic acids is 1. The second-order valence-corrected chi connectivity index (χ2v) is 7.92. The molecule has 0 spiro atoms. The zero-order valence-corrected chi connectivity index (χ0v) is 18.1. The fraction of sp³-hybridized carbons (Fsp3) is 0.333. The van der Waals surface area contributed by atoms with Gasteiger partial charge in [0.2, 0.25) is 0 Å². The summed E-state index contributed by atoms with van der Waals surface area (Å²) in [4.78, 5) is 17.1. The summed E-state index contributed by atoms with van der Waals surface area (Å²) in [6, 6.07) is 11.4. The number of ether oxygens (including phenoxy) is 1. The van der Waals surface area contributed by atoms with Gasteiger partial charge in [-0.2, -0.15) is 0 Å².